The predicted octanol–water partition coefficient (Wildman–Crippen LogP) is 0.167. The molecule has 0 saturated carbocycles. The normalized spacial score (nSPS) is 15.6. The van der Waals surface area contributed by atoms with E-state index >= 15 is 0 Å². The molecule has 1 amide bonds. The van der Waals surface area contributed by atoms with E-state index in [1.54, 1.807) is 23.4 Å². The van der Waals surface area contributed by atoms with Gasteiger partial charge in [0.05, 0.1) is 12.3 Å². The van der Waals surface area contributed by atoms with E-state index in [-0.39, 0.29) is 5.91 Å². The largest absolute Gasteiger partial charge is 0.481 e. The molecule has 1 aliphatic rings. The van der Waals surface area contributed by atoms with Gasteiger partial charge in [-0.2, -0.15) is 0 Å². The van der Waals surface area contributed by atoms with Gasteiger partial charge in [-0.25, -0.2) is 0 Å². The Morgan fingerprint density at radius 3 is 2.81 bits per heavy atom. The molecule has 1 aromatic heterocycles. The molecular formula is C11H12N2O3. The van der Waals surface area contributed by atoms with Crippen LogP contribution < -0.4 is 0 Å². The van der Waals surface area contributed by atoms with E-state index in [0.29, 0.717) is 19.5 Å². The van der Waals surface area contributed by atoms with Crippen molar-refractivity contribution >= 4 is 11.9 Å². The maximum atomic E-state index is 11.7. The maximum Gasteiger partial charge on any atom is 0.310 e. The molecule has 0 radical (unpaired) electrons. The van der Waals surface area contributed by atoms with Crippen LogP contribution >= 0.6 is 0 Å². The first-order valence-electron chi connectivity index (χ1n) is 5.06. The van der Waals surface area contributed by atoms with Crippen molar-refractivity contribution in [3.63, 3.8) is 0 Å². The Morgan fingerprint density at radius 2 is 2.25 bits per heavy atom. The summed E-state index contributed by atoms with van der Waals surface area (Å²) in [6, 6.07) is 3.61. The number of pyridine rings is 1. The van der Waals surface area contributed by atoms with Crippen LogP contribution in [-0.2, 0) is 16.0 Å². The van der Waals surface area contributed by atoms with E-state index < -0.39 is 11.9 Å². The molecule has 5 nitrogen and oxygen atoms in total. The summed E-state index contributed by atoms with van der Waals surface area (Å²) in [4.78, 5) is 27.7. The lowest BCUT2D eigenvalue weighted by molar-refractivity contribution is -0.152. The van der Waals surface area contributed by atoms with Crippen molar-refractivity contribution in [1.29, 1.82) is 0 Å². The molecule has 16 heavy (non-hydrogen) atoms. The first-order chi connectivity index (χ1) is 7.66. The van der Waals surface area contributed by atoms with Crippen LogP contribution in [0.3, 0.4) is 0 Å². The molecule has 0 atom stereocenters. The molecule has 0 spiro atoms. The van der Waals surface area contributed by atoms with Crippen LogP contribution in [0.25, 0.3) is 0 Å². The SMILES string of the molecule is O=C(O)C1CN(C(=O)Cc2cccnc2)C1. The Labute approximate surface area is 92.7 Å². The fourth-order valence-corrected chi connectivity index (χ4v) is 1.63. The monoisotopic (exact) mass is 220 g/mol. The van der Waals surface area contributed by atoms with E-state index in [4.69, 9.17) is 5.11 Å². The van der Waals surface area contributed by atoms with Crippen LogP contribution in [0.4, 0.5) is 0 Å². The second-order valence-electron chi connectivity index (χ2n) is 3.87. The molecule has 0 aromatic carbocycles. The summed E-state index contributed by atoms with van der Waals surface area (Å²) in [7, 11) is 0. The van der Waals surface area contributed by atoms with Crippen molar-refractivity contribution in [1.82, 2.24) is 9.88 Å². The molecule has 1 saturated heterocycles. The summed E-state index contributed by atoms with van der Waals surface area (Å²) in [5, 5.41) is 8.67. The summed E-state index contributed by atoms with van der Waals surface area (Å²) in [6.45, 7) is 0.656. The average molecular weight is 220 g/mol. The number of rotatable bonds is 3. The second-order valence-corrected chi connectivity index (χ2v) is 3.87. The van der Waals surface area contributed by atoms with Crippen molar-refractivity contribution < 1.29 is 14.7 Å². The molecule has 0 unspecified atom stereocenters. The number of nitrogens with zero attached hydrogens (tertiary/aromatic N) is 2. The summed E-state index contributed by atoms with van der Waals surface area (Å²) < 4.78 is 0. The van der Waals surface area contributed by atoms with Crippen molar-refractivity contribution in [3.05, 3.63) is 30.1 Å². The molecule has 1 N–H and O–H groups in total. The third-order valence-corrected chi connectivity index (χ3v) is 2.66. The minimum absolute atomic E-state index is 0.0366. The lowest BCUT2D eigenvalue weighted by Gasteiger charge is -2.36. The number of hydrogen-bond acceptors (Lipinski definition) is 3. The molecule has 0 bridgehead atoms. The zero-order valence-electron chi connectivity index (χ0n) is 8.67. The van der Waals surface area contributed by atoms with E-state index in [1.807, 2.05) is 6.07 Å². The third kappa shape index (κ3) is 2.18. The highest BCUT2D eigenvalue weighted by Gasteiger charge is 2.35. The Bertz CT molecular complexity index is 399. The quantitative estimate of drug-likeness (QED) is 0.788. The minimum Gasteiger partial charge on any atom is -0.481 e. The number of carboxylic acid groups (broad SMARTS) is 1. The smallest absolute Gasteiger partial charge is 0.310 e. The average Bonchev–Trinajstić information content (AvgIpc) is 2.15. The van der Waals surface area contributed by atoms with Crippen LogP contribution in [0.15, 0.2) is 24.5 Å². The molecule has 84 valence electrons. The molecule has 2 rings (SSSR count). The summed E-state index contributed by atoms with van der Waals surface area (Å²) in [6.07, 6.45) is 3.59. The molecule has 5 heteroatoms. The number of carboxylic acids is 1. The molecule has 2 heterocycles. The van der Waals surface area contributed by atoms with Gasteiger partial charge >= 0.3 is 5.97 Å². The fraction of sp³-hybridized carbons (Fsp3) is 0.364. The van der Waals surface area contributed by atoms with Gasteiger partial charge in [0.15, 0.2) is 0 Å². The zero-order chi connectivity index (χ0) is 11.5. The van der Waals surface area contributed by atoms with Gasteiger partial charge in [-0.1, -0.05) is 6.07 Å². The van der Waals surface area contributed by atoms with Crippen molar-refractivity contribution in [2.75, 3.05) is 13.1 Å². The Hall–Kier alpha value is -1.91. The summed E-state index contributed by atoms with van der Waals surface area (Å²) in [5.74, 6) is -1.26. The molecule has 1 aliphatic heterocycles. The first-order valence-corrected chi connectivity index (χ1v) is 5.06. The number of aliphatic carboxylic acids is 1. The van der Waals surface area contributed by atoms with Gasteiger partial charge in [0.1, 0.15) is 0 Å². The lowest BCUT2D eigenvalue weighted by atomic mass is 9.99. The number of likely N-dealkylation sites (tertiary alicyclic amines) is 1. The predicted molar refractivity (Wildman–Crippen MR) is 55.6 cm³/mol. The Kier molecular flexibility index (Phi) is 2.85. The Balaban J connectivity index is 1.85. The number of aromatic nitrogens is 1. The maximum absolute atomic E-state index is 11.7. The van der Waals surface area contributed by atoms with E-state index in [9.17, 15) is 9.59 Å². The van der Waals surface area contributed by atoms with Crippen LogP contribution in [0.2, 0.25) is 0 Å². The van der Waals surface area contributed by atoms with Gasteiger partial charge in [0, 0.05) is 25.5 Å². The topological polar surface area (TPSA) is 70.5 Å². The number of hydrogen-bond donors (Lipinski definition) is 1. The number of carbonyl (C=O) groups is 2. The van der Waals surface area contributed by atoms with Crippen molar-refractivity contribution in [2.24, 2.45) is 5.92 Å². The van der Waals surface area contributed by atoms with Gasteiger partial charge in [0.2, 0.25) is 5.91 Å². The van der Waals surface area contributed by atoms with Crippen molar-refractivity contribution in [3.8, 4) is 0 Å². The van der Waals surface area contributed by atoms with Gasteiger partial charge in [0.25, 0.3) is 0 Å². The van der Waals surface area contributed by atoms with Gasteiger partial charge in [-0.05, 0) is 11.6 Å². The summed E-state index contributed by atoms with van der Waals surface area (Å²) in [5.41, 5.74) is 0.853. The highest BCUT2D eigenvalue weighted by molar-refractivity contribution is 5.82. The number of amides is 1. The molecular weight excluding hydrogens is 208 g/mol. The van der Waals surface area contributed by atoms with Crippen molar-refractivity contribution in [2.45, 2.75) is 6.42 Å². The lowest BCUT2D eigenvalue weighted by Crippen LogP contribution is -2.53. The fourth-order valence-electron chi connectivity index (χ4n) is 1.63. The van der Waals surface area contributed by atoms with Crippen LogP contribution in [0.1, 0.15) is 5.56 Å². The van der Waals surface area contributed by atoms with Crippen LogP contribution in [0, 0.1) is 5.92 Å². The standard InChI is InChI=1S/C11H12N2O3/c14-10(4-8-2-1-3-12-5-8)13-6-9(7-13)11(15)16/h1-3,5,9H,4,6-7H2,(H,15,16). The van der Waals surface area contributed by atoms with E-state index in [1.165, 1.54) is 0 Å². The minimum atomic E-state index is -0.828. The molecule has 1 fully saturated rings. The van der Waals surface area contributed by atoms with Gasteiger partial charge < -0.3 is 10.0 Å². The third-order valence-electron chi connectivity index (χ3n) is 2.66. The van der Waals surface area contributed by atoms with Gasteiger partial charge in [-0.15, -0.1) is 0 Å². The summed E-state index contributed by atoms with van der Waals surface area (Å²) >= 11 is 0. The van der Waals surface area contributed by atoms with E-state index in [2.05, 4.69) is 4.98 Å². The van der Waals surface area contributed by atoms with Crippen LogP contribution in [-0.4, -0.2) is 40.0 Å². The first kappa shape index (κ1) is 10.6. The molecule has 0 aliphatic carbocycles. The second kappa shape index (κ2) is 4.30. The zero-order valence-corrected chi connectivity index (χ0v) is 8.67. The number of carbonyl (C=O) groups excluding carboxylic acids is 1. The Morgan fingerprint density at radius 1 is 1.50 bits per heavy atom. The van der Waals surface area contributed by atoms with Crippen LogP contribution in [0.5, 0.6) is 0 Å². The van der Waals surface area contributed by atoms with E-state index in [0.717, 1.165) is 5.56 Å². The highest BCUT2D eigenvalue weighted by atomic mass is 16.4. The molecule has 1 aromatic rings. The highest BCUT2D eigenvalue weighted by Crippen LogP contribution is 2.16. The van der Waals surface area contributed by atoms with Gasteiger partial charge in [-0.3, -0.25) is 14.6 Å².